The van der Waals surface area contributed by atoms with E-state index >= 15 is 0 Å². The summed E-state index contributed by atoms with van der Waals surface area (Å²) >= 11 is 0. The fourth-order valence-corrected chi connectivity index (χ4v) is 2.54. The van der Waals surface area contributed by atoms with Crippen molar-refractivity contribution < 1.29 is 4.79 Å². The second kappa shape index (κ2) is 12.1. The molecule has 0 spiro atoms. The molecule has 5 heteroatoms. The number of hydrogen-bond acceptors (Lipinski definition) is 3. The predicted octanol–water partition coefficient (Wildman–Crippen LogP) is 2.74. The standard InChI is InChI=1S/C19H30N4O/c1-7-13-21(14-8-2)17(11-5)23(19(20)24)18(12-6)22(15-9-3)16-10-4/h7-12,17-18H,1-6,13-16H2,(H2,20,24). The van der Waals surface area contributed by atoms with Crippen molar-refractivity contribution in [1.82, 2.24) is 14.7 Å². The maximum absolute atomic E-state index is 12.2. The van der Waals surface area contributed by atoms with Gasteiger partial charge in [-0.1, -0.05) is 49.6 Å². The normalized spacial score (nSPS) is 12.9. The highest BCUT2D eigenvalue weighted by atomic mass is 16.2. The topological polar surface area (TPSA) is 52.8 Å². The van der Waals surface area contributed by atoms with Crippen molar-refractivity contribution in [3.63, 3.8) is 0 Å². The van der Waals surface area contributed by atoms with Gasteiger partial charge in [0.25, 0.3) is 0 Å². The van der Waals surface area contributed by atoms with Crippen LogP contribution in [0.2, 0.25) is 0 Å². The van der Waals surface area contributed by atoms with Gasteiger partial charge in [-0.25, -0.2) is 4.79 Å². The molecule has 2 atom stereocenters. The van der Waals surface area contributed by atoms with Crippen LogP contribution in [-0.2, 0) is 0 Å². The molecule has 5 nitrogen and oxygen atoms in total. The van der Waals surface area contributed by atoms with Crippen LogP contribution < -0.4 is 5.73 Å². The van der Waals surface area contributed by atoms with E-state index in [0.717, 1.165) is 0 Å². The molecule has 0 radical (unpaired) electrons. The Morgan fingerprint density at radius 1 is 0.750 bits per heavy atom. The molecule has 2 unspecified atom stereocenters. The highest BCUT2D eigenvalue weighted by molar-refractivity contribution is 5.73. The average Bonchev–Trinajstić information content (AvgIpc) is 2.55. The Kier molecular flexibility index (Phi) is 10.9. The minimum absolute atomic E-state index is 0.432. The Balaban J connectivity index is 5.84. The van der Waals surface area contributed by atoms with Gasteiger partial charge in [0.2, 0.25) is 0 Å². The third-order valence-electron chi connectivity index (χ3n) is 3.45. The summed E-state index contributed by atoms with van der Waals surface area (Å²) in [5.41, 5.74) is 5.68. The lowest BCUT2D eigenvalue weighted by atomic mass is 10.2. The highest BCUT2D eigenvalue weighted by Gasteiger charge is 2.32. The molecule has 2 amide bonds. The minimum atomic E-state index is -0.568. The van der Waals surface area contributed by atoms with Crippen LogP contribution in [0, 0.1) is 0 Å². The van der Waals surface area contributed by atoms with E-state index in [1.807, 2.05) is 9.80 Å². The van der Waals surface area contributed by atoms with Crippen molar-refractivity contribution in [2.45, 2.75) is 12.3 Å². The summed E-state index contributed by atoms with van der Waals surface area (Å²) in [4.78, 5) is 17.7. The molecule has 0 aliphatic carbocycles. The maximum Gasteiger partial charge on any atom is 0.317 e. The molecule has 24 heavy (non-hydrogen) atoms. The number of amides is 2. The molecule has 0 heterocycles. The van der Waals surface area contributed by atoms with E-state index in [0.29, 0.717) is 26.2 Å². The van der Waals surface area contributed by atoms with Crippen molar-refractivity contribution in [3.8, 4) is 0 Å². The number of nitrogens with two attached hydrogens (primary N) is 1. The molecule has 132 valence electrons. The molecule has 0 fully saturated rings. The number of rotatable bonds is 14. The van der Waals surface area contributed by atoms with Gasteiger partial charge in [0.05, 0.1) is 0 Å². The van der Waals surface area contributed by atoms with Crippen molar-refractivity contribution in [2.24, 2.45) is 5.73 Å². The zero-order valence-corrected chi connectivity index (χ0v) is 14.5. The van der Waals surface area contributed by atoms with Crippen LogP contribution >= 0.6 is 0 Å². The van der Waals surface area contributed by atoms with Gasteiger partial charge in [-0.3, -0.25) is 14.7 Å². The van der Waals surface area contributed by atoms with Gasteiger partial charge >= 0.3 is 6.03 Å². The Hall–Kier alpha value is -2.37. The van der Waals surface area contributed by atoms with Crippen LogP contribution in [0.1, 0.15) is 0 Å². The van der Waals surface area contributed by atoms with Gasteiger partial charge in [-0.05, 0) is 0 Å². The van der Waals surface area contributed by atoms with Crippen molar-refractivity contribution in [2.75, 3.05) is 26.2 Å². The number of carbonyl (C=O) groups is 1. The van der Waals surface area contributed by atoms with Crippen molar-refractivity contribution in [3.05, 3.63) is 75.9 Å². The molecule has 0 aliphatic heterocycles. The predicted molar refractivity (Wildman–Crippen MR) is 103 cm³/mol. The molecule has 0 aromatic carbocycles. The van der Waals surface area contributed by atoms with Gasteiger partial charge in [-0.15, -0.1) is 26.3 Å². The number of hydrogen-bond donors (Lipinski definition) is 1. The van der Waals surface area contributed by atoms with Crippen molar-refractivity contribution in [1.29, 1.82) is 0 Å². The molecular formula is C19H30N4O. The molecule has 0 saturated heterocycles. The van der Waals surface area contributed by atoms with Crippen LogP contribution in [0.5, 0.6) is 0 Å². The van der Waals surface area contributed by atoms with Crippen LogP contribution in [0.3, 0.4) is 0 Å². The van der Waals surface area contributed by atoms with Gasteiger partial charge in [0, 0.05) is 26.2 Å². The van der Waals surface area contributed by atoms with Crippen LogP contribution in [0.25, 0.3) is 0 Å². The molecule has 0 saturated carbocycles. The second-order valence-corrected chi connectivity index (χ2v) is 5.11. The lowest BCUT2D eigenvalue weighted by molar-refractivity contribution is 0.0422. The summed E-state index contributed by atoms with van der Waals surface area (Å²) in [6, 6.07) is -0.568. The van der Waals surface area contributed by atoms with Gasteiger partial charge in [0.1, 0.15) is 12.3 Å². The largest absolute Gasteiger partial charge is 0.351 e. The molecule has 0 aromatic heterocycles. The number of nitrogens with zero attached hydrogens (tertiary/aromatic N) is 3. The van der Waals surface area contributed by atoms with E-state index in [9.17, 15) is 4.79 Å². The van der Waals surface area contributed by atoms with E-state index in [-0.39, 0.29) is 0 Å². The third-order valence-corrected chi connectivity index (χ3v) is 3.45. The van der Waals surface area contributed by atoms with Gasteiger partial charge in [0.15, 0.2) is 0 Å². The third kappa shape index (κ3) is 6.02. The summed E-state index contributed by atoms with van der Waals surface area (Å²) in [5, 5.41) is 0. The SMILES string of the molecule is C=CCN(CC=C)C(C=C)N(C(N)=O)C(C=C)N(CC=C)CC=C. The Labute approximate surface area is 146 Å². The monoisotopic (exact) mass is 330 g/mol. The molecular weight excluding hydrogens is 300 g/mol. The highest BCUT2D eigenvalue weighted by Crippen LogP contribution is 2.16. The molecule has 0 bridgehead atoms. The summed E-state index contributed by atoms with van der Waals surface area (Å²) in [5.74, 6) is 0. The summed E-state index contributed by atoms with van der Waals surface area (Å²) < 4.78 is 0. The van der Waals surface area contributed by atoms with E-state index < -0.39 is 18.4 Å². The van der Waals surface area contributed by atoms with E-state index in [2.05, 4.69) is 39.5 Å². The second-order valence-electron chi connectivity index (χ2n) is 5.11. The number of urea groups is 1. The first-order chi connectivity index (χ1) is 11.5. The fraction of sp³-hybridized carbons (Fsp3) is 0.316. The Bertz CT molecular complexity index is 416. The first kappa shape index (κ1) is 21.6. The summed E-state index contributed by atoms with van der Waals surface area (Å²) in [6.45, 7) is 25.0. The van der Waals surface area contributed by atoms with E-state index in [1.165, 1.54) is 4.90 Å². The zero-order chi connectivity index (χ0) is 18.5. The van der Waals surface area contributed by atoms with E-state index in [1.54, 1.807) is 36.5 Å². The number of primary amides is 1. The first-order valence-electron chi connectivity index (χ1n) is 7.76. The quantitative estimate of drug-likeness (QED) is 0.393. The van der Waals surface area contributed by atoms with Gasteiger partial charge < -0.3 is 5.73 Å². The Morgan fingerprint density at radius 2 is 1.04 bits per heavy atom. The molecule has 2 N–H and O–H groups in total. The zero-order valence-electron chi connectivity index (χ0n) is 14.5. The lowest BCUT2D eigenvalue weighted by Crippen LogP contribution is -2.60. The molecule has 0 aromatic rings. The first-order valence-corrected chi connectivity index (χ1v) is 7.76. The van der Waals surface area contributed by atoms with Crippen LogP contribution in [0.15, 0.2) is 75.9 Å². The van der Waals surface area contributed by atoms with Crippen LogP contribution in [-0.4, -0.2) is 59.2 Å². The van der Waals surface area contributed by atoms with Gasteiger partial charge in [-0.2, -0.15) is 0 Å². The molecule has 0 aliphatic rings. The smallest absolute Gasteiger partial charge is 0.317 e. The number of carbonyl (C=O) groups excluding carboxylic acids is 1. The molecule has 0 rings (SSSR count). The summed E-state index contributed by atoms with van der Waals surface area (Å²) in [7, 11) is 0. The fourth-order valence-electron chi connectivity index (χ4n) is 2.54. The average molecular weight is 330 g/mol. The van der Waals surface area contributed by atoms with Crippen molar-refractivity contribution >= 4 is 6.03 Å². The lowest BCUT2D eigenvalue weighted by Gasteiger charge is -2.43. The maximum atomic E-state index is 12.2. The summed E-state index contributed by atoms with van der Waals surface area (Å²) in [6.07, 6.45) is 9.52. The van der Waals surface area contributed by atoms with Crippen LogP contribution in [0.4, 0.5) is 4.79 Å². The van der Waals surface area contributed by atoms with E-state index in [4.69, 9.17) is 5.73 Å². The minimum Gasteiger partial charge on any atom is -0.351 e. The Morgan fingerprint density at radius 3 is 1.21 bits per heavy atom.